The predicted molar refractivity (Wildman–Crippen MR) is 84.3 cm³/mol. The van der Waals surface area contributed by atoms with Gasteiger partial charge in [-0.3, -0.25) is 0 Å². The normalized spacial score (nSPS) is 10.1. The second kappa shape index (κ2) is 7.55. The Kier molecular flexibility index (Phi) is 5.43. The minimum Gasteiger partial charge on any atom is -0.373 e. The van der Waals surface area contributed by atoms with Crippen LogP contribution < -0.4 is 15.5 Å². The van der Waals surface area contributed by atoms with Gasteiger partial charge in [-0.25, -0.2) is 4.79 Å². The van der Waals surface area contributed by atoms with Gasteiger partial charge in [0.05, 0.1) is 6.54 Å². The van der Waals surface area contributed by atoms with Crippen molar-refractivity contribution in [2.75, 3.05) is 25.0 Å². The molecule has 0 spiro atoms. The molecule has 0 saturated heterocycles. The topological polar surface area (TPSA) is 44.4 Å². The summed E-state index contributed by atoms with van der Waals surface area (Å²) in [6.45, 7) is 1.97. The highest BCUT2D eigenvalue weighted by Crippen LogP contribution is 2.09. The fourth-order valence-corrected chi connectivity index (χ4v) is 2.44. The first kappa shape index (κ1) is 14.4. The van der Waals surface area contributed by atoms with Crippen molar-refractivity contribution in [1.29, 1.82) is 0 Å². The molecule has 1 aromatic heterocycles. The van der Waals surface area contributed by atoms with Crippen molar-refractivity contribution < 1.29 is 4.79 Å². The zero-order chi connectivity index (χ0) is 14.2. The number of para-hydroxylation sites is 1. The van der Waals surface area contributed by atoms with Crippen LogP contribution in [-0.4, -0.2) is 26.2 Å². The van der Waals surface area contributed by atoms with Gasteiger partial charge in [0.15, 0.2) is 0 Å². The highest BCUT2D eigenvalue weighted by Gasteiger charge is 2.02. The maximum absolute atomic E-state index is 11.6. The van der Waals surface area contributed by atoms with Gasteiger partial charge in [0.1, 0.15) is 0 Å². The van der Waals surface area contributed by atoms with E-state index in [-0.39, 0.29) is 6.03 Å². The van der Waals surface area contributed by atoms with Gasteiger partial charge in [-0.1, -0.05) is 24.3 Å². The monoisotopic (exact) mass is 289 g/mol. The van der Waals surface area contributed by atoms with E-state index in [9.17, 15) is 4.79 Å². The highest BCUT2D eigenvalue weighted by molar-refractivity contribution is 7.09. The number of carbonyl (C=O) groups excluding carboxylic acids is 1. The van der Waals surface area contributed by atoms with Crippen LogP contribution in [0.1, 0.15) is 4.88 Å². The van der Waals surface area contributed by atoms with Gasteiger partial charge < -0.3 is 15.5 Å². The van der Waals surface area contributed by atoms with Crippen molar-refractivity contribution in [3.05, 3.63) is 52.7 Å². The van der Waals surface area contributed by atoms with E-state index in [1.165, 1.54) is 0 Å². The van der Waals surface area contributed by atoms with E-state index in [0.717, 1.165) is 17.1 Å². The van der Waals surface area contributed by atoms with Crippen LogP contribution in [0.15, 0.2) is 47.8 Å². The van der Waals surface area contributed by atoms with E-state index < -0.39 is 0 Å². The van der Waals surface area contributed by atoms with Crippen LogP contribution in [0.5, 0.6) is 0 Å². The second-order valence-electron chi connectivity index (χ2n) is 4.45. The lowest BCUT2D eigenvalue weighted by Crippen LogP contribution is -2.39. The van der Waals surface area contributed by atoms with Crippen LogP contribution in [0.4, 0.5) is 10.5 Å². The first-order valence-corrected chi connectivity index (χ1v) is 7.44. The third-order valence-electron chi connectivity index (χ3n) is 2.93. The summed E-state index contributed by atoms with van der Waals surface area (Å²) in [5.74, 6) is 0. The highest BCUT2D eigenvalue weighted by atomic mass is 32.1. The van der Waals surface area contributed by atoms with Crippen LogP contribution in [0.25, 0.3) is 0 Å². The molecule has 106 valence electrons. The second-order valence-corrected chi connectivity index (χ2v) is 5.48. The van der Waals surface area contributed by atoms with Gasteiger partial charge in [0.2, 0.25) is 0 Å². The van der Waals surface area contributed by atoms with Crippen molar-refractivity contribution in [2.24, 2.45) is 0 Å². The molecule has 1 aromatic carbocycles. The number of thiophene rings is 1. The predicted octanol–water partition coefficient (Wildman–Crippen LogP) is 2.68. The van der Waals surface area contributed by atoms with E-state index in [1.807, 2.05) is 42.8 Å². The first-order chi connectivity index (χ1) is 9.75. The average molecular weight is 289 g/mol. The molecule has 0 aliphatic carbocycles. The van der Waals surface area contributed by atoms with E-state index in [0.29, 0.717) is 13.1 Å². The smallest absolute Gasteiger partial charge is 0.315 e. The molecule has 0 atom stereocenters. The van der Waals surface area contributed by atoms with Crippen LogP contribution >= 0.6 is 11.3 Å². The van der Waals surface area contributed by atoms with Gasteiger partial charge in [-0.2, -0.15) is 0 Å². The summed E-state index contributed by atoms with van der Waals surface area (Å²) in [6.07, 6.45) is 0. The number of benzene rings is 1. The van der Waals surface area contributed by atoms with E-state index in [1.54, 1.807) is 11.3 Å². The summed E-state index contributed by atoms with van der Waals surface area (Å²) in [4.78, 5) is 14.9. The fourth-order valence-electron chi connectivity index (χ4n) is 1.79. The first-order valence-electron chi connectivity index (χ1n) is 6.56. The zero-order valence-corrected chi connectivity index (χ0v) is 12.3. The summed E-state index contributed by atoms with van der Waals surface area (Å²) in [6, 6.07) is 14.0. The number of likely N-dealkylation sites (N-methyl/N-ethyl adjacent to an activating group) is 1. The molecule has 0 unspecified atom stereocenters. The Morgan fingerprint density at radius 1 is 1.15 bits per heavy atom. The molecule has 0 aliphatic rings. The van der Waals surface area contributed by atoms with Gasteiger partial charge >= 0.3 is 6.03 Å². The lowest BCUT2D eigenvalue weighted by molar-refractivity contribution is 0.241. The molecule has 4 nitrogen and oxygen atoms in total. The van der Waals surface area contributed by atoms with Crippen LogP contribution in [0, 0.1) is 0 Å². The lowest BCUT2D eigenvalue weighted by Gasteiger charge is -2.19. The Bertz CT molecular complexity index is 513. The minimum absolute atomic E-state index is 0.125. The number of rotatable bonds is 6. The molecule has 0 fully saturated rings. The van der Waals surface area contributed by atoms with Gasteiger partial charge in [0.25, 0.3) is 0 Å². The minimum atomic E-state index is -0.125. The molecule has 5 heteroatoms. The number of anilines is 1. The average Bonchev–Trinajstić information content (AvgIpc) is 2.99. The number of carbonyl (C=O) groups is 1. The number of nitrogens with one attached hydrogen (secondary N) is 2. The Labute approximate surface area is 123 Å². The number of hydrogen-bond donors (Lipinski definition) is 2. The van der Waals surface area contributed by atoms with E-state index in [2.05, 4.69) is 27.7 Å². The summed E-state index contributed by atoms with van der Waals surface area (Å²) in [5.41, 5.74) is 1.15. The van der Waals surface area contributed by atoms with Crippen molar-refractivity contribution in [1.82, 2.24) is 10.6 Å². The van der Waals surface area contributed by atoms with Gasteiger partial charge in [-0.15, -0.1) is 11.3 Å². The molecule has 1 heterocycles. The lowest BCUT2D eigenvalue weighted by atomic mass is 10.3. The van der Waals surface area contributed by atoms with Crippen LogP contribution in [-0.2, 0) is 6.54 Å². The molecule has 0 aliphatic heterocycles. The Morgan fingerprint density at radius 2 is 1.95 bits per heavy atom. The van der Waals surface area contributed by atoms with Crippen molar-refractivity contribution in [2.45, 2.75) is 6.54 Å². The summed E-state index contributed by atoms with van der Waals surface area (Å²) in [5, 5.41) is 7.70. The quantitative estimate of drug-likeness (QED) is 0.859. The Hall–Kier alpha value is -2.01. The fraction of sp³-hybridized carbons (Fsp3) is 0.267. The summed E-state index contributed by atoms with van der Waals surface area (Å²) < 4.78 is 0. The Morgan fingerprint density at radius 3 is 2.65 bits per heavy atom. The molecule has 0 bridgehead atoms. The van der Waals surface area contributed by atoms with Crippen LogP contribution in [0.3, 0.4) is 0 Å². The molecular formula is C15H19N3OS. The van der Waals surface area contributed by atoms with Crippen molar-refractivity contribution in [3.63, 3.8) is 0 Å². The summed E-state index contributed by atoms with van der Waals surface area (Å²) in [7, 11) is 2.01. The largest absolute Gasteiger partial charge is 0.373 e. The van der Waals surface area contributed by atoms with Gasteiger partial charge in [-0.05, 0) is 23.6 Å². The third kappa shape index (κ3) is 4.59. The van der Waals surface area contributed by atoms with Gasteiger partial charge in [0, 0.05) is 30.7 Å². The number of urea groups is 1. The molecule has 2 rings (SSSR count). The standard InChI is InChI=1S/C15H19N3OS/c1-18(13-6-3-2-4-7-13)10-9-16-15(19)17-12-14-8-5-11-20-14/h2-8,11H,9-10,12H2,1H3,(H2,16,17,19). The molecule has 0 radical (unpaired) electrons. The molecule has 2 aromatic rings. The molecule has 2 N–H and O–H groups in total. The molecular weight excluding hydrogens is 270 g/mol. The van der Waals surface area contributed by atoms with E-state index >= 15 is 0 Å². The number of amides is 2. The van der Waals surface area contributed by atoms with Crippen molar-refractivity contribution in [3.8, 4) is 0 Å². The molecule has 20 heavy (non-hydrogen) atoms. The SMILES string of the molecule is CN(CCNC(=O)NCc1cccs1)c1ccccc1. The maximum Gasteiger partial charge on any atom is 0.315 e. The maximum atomic E-state index is 11.6. The summed E-state index contributed by atoms with van der Waals surface area (Å²) >= 11 is 1.64. The van der Waals surface area contributed by atoms with Crippen LogP contribution in [0.2, 0.25) is 0 Å². The Balaban J connectivity index is 1.64. The number of nitrogens with zero attached hydrogens (tertiary/aromatic N) is 1. The van der Waals surface area contributed by atoms with E-state index in [4.69, 9.17) is 0 Å². The zero-order valence-electron chi connectivity index (χ0n) is 11.5. The van der Waals surface area contributed by atoms with Crippen molar-refractivity contribution >= 4 is 23.1 Å². The molecule has 2 amide bonds. The molecule has 0 saturated carbocycles. The number of hydrogen-bond acceptors (Lipinski definition) is 3. The third-order valence-corrected chi connectivity index (χ3v) is 3.81.